The van der Waals surface area contributed by atoms with Crippen LogP contribution in [0.25, 0.3) is 12.2 Å². The summed E-state index contributed by atoms with van der Waals surface area (Å²) >= 11 is 0. The van der Waals surface area contributed by atoms with E-state index in [1.165, 1.54) is 0 Å². The van der Waals surface area contributed by atoms with Crippen LogP contribution in [-0.2, 0) is 0 Å². The van der Waals surface area contributed by atoms with Crippen molar-refractivity contribution in [2.24, 2.45) is 0 Å². The second kappa shape index (κ2) is 5.87. The first-order chi connectivity index (χ1) is 12.2. The van der Waals surface area contributed by atoms with Gasteiger partial charge in [0, 0.05) is 16.7 Å². The summed E-state index contributed by atoms with van der Waals surface area (Å²) in [5.41, 5.74) is 9.89. The zero-order chi connectivity index (χ0) is 17.4. The van der Waals surface area contributed by atoms with Crippen LogP contribution in [0.2, 0.25) is 0 Å². The van der Waals surface area contributed by atoms with Crippen LogP contribution in [0.5, 0.6) is 0 Å². The summed E-state index contributed by atoms with van der Waals surface area (Å²) in [7, 11) is 0. The van der Waals surface area contributed by atoms with Crippen molar-refractivity contribution in [2.45, 2.75) is 0 Å². The lowest BCUT2D eigenvalue weighted by Gasteiger charge is -2.19. The molecule has 0 aliphatic heterocycles. The molecule has 3 heteroatoms. The number of benzene rings is 3. The Morgan fingerprint density at radius 2 is 1.28 bits per heavy atom. The molecule has 2 N–H and O–H groups in total. The highest BCUT2D eigenvalue weighted by atomic mass is 16.1. The molecule has 0 atom stereocenters. The van der Waals surface area contributed by atoms with Crippen molar-refractivity contribution in [2.75, 3.05) is 5.73 Å². The minimum Gasteiger partial charge on any atom is -0.398 e. The van der Waals surface area contributed by atoms with Gasteiger partial charge in [0.2, 0.25) is 0 Å². The predicted molar refractivity (Wildman–Crippen MR) is 99.5 cm³/mol. The van der Waals surface area contributed by atoms with Gasteiger partial charge in [-0.15, -0.1) is 0 Å². The maximum absolute atomic E-state index is 12.8. The Bertz CT molecular complexity index is 1030. The van der Waals surface area contributed by atoms with E-state index in [1.807, 2.05) is 42.5 Å². The monoisotopic (exact) mass is 325 g/mol. The van der Waals surface area contributed by atoms with E-state index in [0.717, 1.165) is 11.1 Å². The molecule has 120 valence electrons. The molecular weight excluding hydrogens is 310 g/mol. The van der Waals surface area contributed by atoms with Gasteiger partial charge in [0.1, 0.15) is 0 Å². The van der Waals surface area contributed by atoms with Crippen molar-refractivity contribution in [1.29, 1.82) is 0 Å². The van der Waals surface area contributed by atoms with Gasteiger partial charge in [-0.2, -0.15) is 0 Å². The minimum atomic E-state index is -0.197. The molecular formula is C22H15NO2. The molecule has 0 saturated heterocycles. The summed E-state index contributed by atoms with van der Waals surface area (Å²) in [6, 6.07) is 20.2. The summed E-state index contributed by atoms with van der Waals surface area (Å²) in [6.45, 7) is 0. The quantitative estimate of drug-likeness (QED) is 0.443. The molecule has 4 rings (SSSR count). The number of nitrogens with two attached hydrogens (primary N) is 1. The number of anilines is 1. The van der Waals surface area contributed by atoms with Gasteiger partial charge in [-0.3, -0.25) is 9.59 Å². The van der Waals surface area contributed by atoms with E-state index in [1.54, 1.807) is 36.4 Å². The Kier molecular flexibility index (Phi) is 3.55. The Labute approximate surface area is 145 Å². The summed E-state index contributed by atoms with van der Waals surface area (Å²) in [5, 5.41) is 0. The van der Waals surface area contributed by atoms with E-state index in [2.05, 4.69) is 0 Å². The fourth-order valence-electron chi connectivity index (χ4n) is 3.12. The fraction of sp³-hybridized carbons (Fsp3) is 0. The third-order valence-corrected chi connectivity index (χ3v) is 4.42. The topological polar surface area (TPSA) is 60.2 Å². The molecule has 0 radical (unpaired) electrons. The maximum Gasteiger partial charge on any atom is 0.196 e. The molecule has 0 fully saturated rings. The van der Waals surface area contributed by atoms with Gasteiger partial charge in [-0.05, 0) is 17.2 Å². The van der Waals surface area contributed by atoms with Gasteiger partial charge in [0.15, 0.2) is 11.6 Å². The molecule has 0 amide bonds. The molecule has 3 aromatic rings. The minimum absolute atomic E-state index is 0.157. The number of ketones is 2. The van der Waals surface area contributed by atoms with Gasteiger partial charge in [-0.1, -0.05) is 72.8 Å². The van der Waals surface area contributed by atoms with Crippen LogP contribution in [0.4, 0.5) is 5.69 Å². The van der Waals surface area contributed by atoms with Crippen molar-refractivity contribution >= 4 is 29.4 Å². The molecule has 25 heavy (non-hydrogen) atoms. The van der Waals surface area contributed by atoms with E-state index in [0.29, 0.717) is 27.9 Å². The predicted octanol–water partition coefficient (Wildman–Crippen LogP) is 4.21. The Morgan fingerprint density at radius 1 is 0.640 bits per heavy atom. The third kappa shape index (κ3) is 2.46. The maximum atomic E-state index is 12.8. The van der Waals surface area contributed by atoms with Crippen LogP contribution in [0.3, 0.4) is 0 Å². The number of rotatable bonds is 2. The highest BCUT2D eigenvalue weighted by Crippen LogP contribution is 2.33. The lowest BCUT2D eigenvalue weighted by atomic mass is 9.82. The fourth-order valence-corrected chi connectivity index (χ4v) is 3.12. The summed E-state index contributed by atoms with van der Waals surface area (Å²) in [6.07, 6.45) is 3.80. The number of carbonyl (C=O) groups excluding carboxylic acids is 2. The van der Waals surface area contributed by atoms with Crippen LogP contribution in [0.1, 0.15) is 43.0 Å². The normalized spacial score (nSPS) is 13.0. The van der Waals surface area contributed by atoms with E-state index >= 15 is 0 Å². The Hall–Kier alpha value is -3.46. The molecule has 1 aliphatic rings. The first kappa shape index (κ1) is 15.1. The Balaban J connectivity index is 1.81. The third-order valence-electron chi connectivity index (χ3n) is 4.42. The number of hydrogen-bond acceptors (Lipinski definition) is 3. The highest BCUT2D eigenvalue weighted by molar-refractivity contribution is 6.30. The zero-order valence-corrected chi connectivity index (χ0v) is 13.4. The number of nitrogen functional groups attached to an aromatic ring is 1. The van der Waals surface area contributed by atoms with Gasteiger partial charge in [0.25, 0.3) is 0 Å². The number of hydrogen-bond donors (Lipinski definition) is 1. The molecule has 0 bridgehead atoms. The molecule has 0 unspecified atom stereocenters. The summed E-state index contributed by atoms with van der Waals surface area (Å²) in [5.74, 6) is -0.354. The average Bonchev–Trinajstić information content (AvgIpc) is 2.66. The Morgan fingerprint density at radius 3 is 2.00 bits per heavy atom. The lowest BCUT2D eigenvalue weighted by Crippen LogP contribution is -2.22. The largest absolute Gasteiger partial charge is 0.398 e. The average molecular weight is 325 g/mol. The van der Waals surface area contributed by atoms with E-state index in [9.17, 15) is 9.59 Å². The van der Waals surface area contributed by atoms with Crippen LogP contribution < -0.4 is 5.73 Å². The van der Waals surface area contributed by atoms with Crippen LogP contribution in [-0.4, -0.2) is 11.6 Å². The smallest absolute Gasteiger partial charge is 0.196 e. The van der Waals surface area contributed by atoms with E-state index in [-0.39, 0.29) is 11.6 Å². The molecule has 1 aliphatic carbocycles. The van der Waals surface area contributed by atoms with Gasteiger partial charge >= 0.3 is 0 Å². The molecule has 0 aromatic heterocycles. The second-order valence-corrected chi connectivity index (χ2v) is 5.94. The standard InChI is InChI=1S/C22H15NO2/c23-20-15(11-10-14-6-2-1-3-7-14)12-13-18-19(20)22(25)17-9-5-4-8-16(17)21(18)24/h1-13H,23H2/b11-10+. The SMILES string of the molecule is Nc1c(/C=C/c2ccccc2)ccc2c1C(=O)c1ccccc1C2=O. The van der Waals surface area contributed by atoms with Gasteiger partial charge < -0.3 is 5.73 Å². The van der Waals surface area contributed by atoms with Crippen molar-refractivity contribution in [1.82, 2.24) is 0 Å². The molecule has 3 aromatic carbocycles. The zero-order valence-electron chi connectivity index (χ0n) is 13.4. The van der Waals surface area contributed by atoms with Crippen molar-refractivity contribution in [3.05, 3.63) is 100 Å². The second-order valence-electron chi connectivity index (χ2n) is 5.94. The van der Waals surface area contributed by atoms with Crippen LogP contribution >= 0.6 is 0 Å². The number of fused-ring (bicyclic) bond motifs is 2. The van der Waals surface area contributed by atoms with Gasteiger partial charge in [-0.25, -0.2) is 0 Å². The number of carbonyl (C=O) groups is 2. The first-order valence-corrected chi connectivity index (χ1v) is 8.01. The molecule has 0 spiro atoms. The van der Waals surface area contributed by atoms with Gasteiger partial charge in [0.05, 0.1) is 11.3 Å². The van der Waals surface area contributed by atoms with E-state index in [4.69, 9.17) is 5.73 Å². The lowest BCUT2D eigenvalue weighted by molar-refractivity contribution is 0.0979. The molecule has 0 saturated carbocycles. The molecule has 3 nitrogen and oxygen atoms in total. The summed E-state index contributed by atoms with van der Waals surface area (Å²) in [4.78, 5) is 25.5. The van der Waals surface area contributed by atoms with Crippen LogP contribution in [0, 0.1) is 0 Å². The van der Waals surface area contributed by atoms with Crippen molar-refractivity contribution < 1.29 is 9.59 Å². The van der Waals surface area contributed by atoms with Crippen LogP contribution in [0.15, 0.2) is 66.7 Å². The van der Waals surface area contributed by atoms with Crippen molar-refractivity contribution in [3.8, 4) is 0 Å². The highest BCUT2D eigenvalue weighted by Gasteiger charge is 2.31. The first-order valence-electron chi connectivity index (χ1n) is 8.01. The van der Waals surface area contributed by atoms with Crippen molar-refractivity contribution in [3.63, 3.8) is 0 Å². The summed E-state index contributed by atoms with van der Waals surface area (Å²) < 4.78 is 0. The van der Waals surface area contributed by atoms with E-state index < -0.39 is 0 Å². The molecule has 0 heterocycles.